The van der Waals surface area contributed by atoms with Gasteiger partial charge < -0.3 is 18.6 Å². The molecule has 0 unspecified atom stereocenters. The highest BCUT2D eigenvalue weighted by Gasteiger charge is 2.28. The molecule has 4 aromatic rings. The Balaban J connectivity index is 1.14. The number of nitrogens with zero attached hydrogens (tertiary/aromatic N) is 4. The number of anilines is 1. The Kier molecular flexibility index (Phi) is 4.73. The molecule has 0 saturated carbocycles. The number of hydrogen-bond donors (Lipinski definition) is 0. The highest BCUT2D eigenvalue weighted by atomic mass is 32.1. The summed E-state index contributed by atoms with van der Waals surface area (Å²) in [5, 5.41) is 5.86. The SMILES string of the molecule is O=C(OCc1nc(-c2cccs2)no1)C1CCN(c2nc3ccccc3o2)CC1. The van der Waals surface area contributed by atoms with E-state index in [9.17, 15) is 4.79 Å². The van der Waals surface area contributed by atoms with Gasteiger partial charge in [0.2, 0.25) is 5.82 Å². The Bertz CT molecular complexity index is 1080. The third-order valence-corrected chi connectivity index (χ3v) is 5.79. The Labute approximate surface area is 170 Å². The van der Waals surface area contributed by atoms with Crippen LogP contribution >= 0.6 is 11.3 Å². The van der Waals surface area contributed by atoms with Gasteiger partial charge in [0.25, 0.3) is 11.9 Å². The molecule has 0 N–H and O–H groups in total. The molecular formula is C20H18N4O4S. The van der Waals surface area contributed by atoms with Crippen LogP contribution in [-0.4, -0.2) is 34.2 Å². The molecule has 29 heavy (non-hydrogen) atoms. The highest BCUT2D eigenvalue weighted by molar-refractivity contribution is 7.13. The van der Waals surface area contributed by atoms with Crippen LogP contribution in [0.4, 0.5) is 6.01 Å². The van der Waals surface area contributed by atoms with E-state index in [1.54, 1.807) is 0 Å². The first-order chi connectivity index (χ1) is 14.3. The molecule has 1 fully saturated rings. The molecule has 1 saturated heterocycles. The summed E-state index contributed by atoms with van der Waals surface area (Å²) in [5.41, 5.74) is 1.61. The number of thiophene rings is 1. The quantitative estimate of drug-likeness (QED) is 0.457. The van der Waals surface area contributed by atoms with Crippen LogP contribution in [0.3, 0.4) is 0 Å². The van der Waals surface area contributed by atoms with E-state index in [2.05, 4.69) is 20.0 Å². The van der Waals surface area contributed by atoms with Gasteiger partial charge in [-0.25, -0.2) is 0 Å². The Morgan fingerprint density at radius 2 is 2.03 bits per heavy atom. The van der Waals surface area contributed by atoms with E-state index in [1.807, 2.05) is 41.8 Å². The molecule has 148 valence electrons. The first-order valence-electron chi connectivity index (χ1n) is 9.40. The van der Waals surface area contributed by atoms with Crippen LogP contribution < -0.4 is 4.90 Å². The van der Waals surface area contributed by atoms with Gasteiger partial charge in [-0.05, 0) is 36.4 Å². The van der Waals surface area contributed by atoms with Gasteiger partial charge in [-0.1, -0.05) is 23.4 Å². The summed E-state index contributed by atoms with van der Waals surface area (Å²) in [7, 11) is 0. The fourth-order valence-electron chi connectivity index (χ4n) is 3.37. The van der Waals surface area contributed by atoms with Crippen molar-refractivity contribution in [2.24, 2.45) is 5.92 Å². The van der Waals surface area contributed by atoms with Gasteiger partial charge in [0.15, 0.2) is 12.2 Å². The van der Waals surface area contributed by atoms with Gasteiger partial charge in [-0.15, -0.1) is 11.3 Å². The van der Waals surface area contributed by atoms with E-state index in [0.29, 0.717) is 43.7 Å². The normalized spacial score (nSPS) is 15.1. The van der Waals surface area contributed by atoms with Crippen molar-refractivity contribution in [2.45, 2.75) is 19.4 Å². The van der Waals surface area contributed by atoms with Crippen molar-refractivity contribution in [3.8, 4) is 10.7 Å². The molecule has 5 rings (SSSR count). The van der Waals surface area contributed by atoms with Crippen LogP contribution in [0, 0.1) is 5.92 Å². The zero-order valence-electron chi connectivity index (χ0n) is 15.5. The predicted molar refractivity (Wildman–Crippen MR) is 106 cm³/mol. The van der Waals surface area contributed by atoms with Crippen LogP contribution in [0.1, 0.15) is 18.7 Å². The van der Waals surface area contributed by atoms with E-state index in [-0.39, 0.29) is 18.5 Å². The second-order valence-electron chi connectivity index (χ2n) is 6.82. The van der Waals surface area contributed by atoms with Crippen LogP contribution in [-0.2, 0) is 16.1 Å². The smallest absolute Gasteiger partial charge is 0.309 e. The number of fused-ring (bicyclic) bond motifs is 1. The lowest BCUT2D eigenvalue weighted by atomic mass is 9.97. The minimum absolute atomic E-state index is 0.0114. The molecule has 0 spiro atoms. The number of esters is 1. The summed E-state index contributed by atoms with van der Waals surface area (Å²) in [6.45, 7) is 1.37. The van der Waals surface area contributed by atoms with Crippen LogP contribution in [0.5, 0.6) is 0 Å². The Hall–Kier alpha value is -3.20. The van der Waals surface area contributed by atoms with Crippen molar-refractivity contribution in [2.75, 3.05) is 18.0 Å². The van der Waals surface area contributed by atoms with Crippen molar-refractivity contribution in [3.63, 3.8) is 0 Å². The maximum absolute atomic E-state index is 12.4. The highest BCUT2D eigenvalue weighted by Crippen LogP contribution is 2.27. The van der Waals surface area contributed by atoms with Crippen LogP contribution in [0.15, 0.2) is 50.7 Å². The van der Waals surface area contributed by atoms with E-state index >= 15 is 0 Å². The monoisotopic (exact) mass is 410 g/mol. The average Bonchev–Trinajstić information content (AvgIpc) is 3.52. The molecule has 0 radical (unpaired) electrons. The summed E-state index contributed by atoms with van der Waals surface area (Å²) < 4.78 is 16.4. The van der Waals surface area contributed by atoms with Gasteiger partial charge in [0, 0.05) is 13.1 Å². The molecular weight excluding hydrogens is 392 g/mol. The summed E-state index contributed by atoms with van der Waals surface area (Å²) in [4.78, 5) is 24.2. The number of carbonyl (C=O) groups is 1. The molecule has 0 atom stereocenters. The first-order valence-corrected chi connectivity index (χ1v) is 10.3. The van der Waals surface area contributed by atoms with Crippen molar-refractivity contribution in [3.05, 3.63) is 47.7 Å². The molecule has 9 heteroatoms. The fraction of sp³-hybridized carbons (Fsp3) is 0.300. The Morgan fingerprint density at radius 3 is 2.83 bits per heavy atom. The molecule has 1 aromatic carbocycles. The molecule has 4 heterocycles. The first kappa shape index (κ1) is 17.9. The van der Waals surface area contributed by atoms with Crippen molar-refractivity contribution < 1.29 is 18.5 Å². The third kappa shape index (κ3) is 3.73. The minimum Gasteiger partial charge on any atom is -0.455 e. The van der Waals surface area contributed by atoms with Crippen molar-refractivity contribution >= 4 is 34.4 Å². The average molecular weight is 410 g/mol. The standard InChI is InChI=1S/C20H18N4O4S/c25-19(26-12-17-22-18(23-28-17)16-6-3-11-29-16)13-7-9-24(10-8-13)20-21-14-4-1-2-5-15(14)27-20/h1-6,11,13H,7-10,12H2. The number of hydrogen-bond acceptors (Lipinski definition) is 9. The fourth-order valence-corrected chi connectivity index (χ4v) is 4.02. The number of piperidine rings is 1. The van der Waals surface area contributed by atoms with Gasteiger partial charge in [0.05, 0.1) is 10.8 Å². The van der Waals surface area contributed by atoms with Crippen molar-refractivity contribution in [1.82, 2.24) is 15.1 Å². The molecule has 8 nitrogen and oxygen atoms in total. The lowest BCUT2D eigenvalue weighted by Crippen LogP contribution is -2.37. The molecule has 1 aliphatic rings. The zero-order chi connectivity index (χ0) is 19.6. The second kappa shape index (κ2) is 7.67. The summed E-state index contributed by atoms with van der Waals surface area (Å²) >= 11 is 1.53. The lowest BCUT2D eigenvalue weighted by molar-refractivity contribution is -0.151. The second-order valence-corrected chi connectivity index (χ2v) is 7.77. The van der Waals surface area contributed by atoms with Crippen LogP contribution in [0.25, 0.3) is 21.8 Å². The van der Waals surface area contributed by atoms with Crippen LogP contribution in [0.2, 0.25) is 0 Å². The van der Waals surface area contributed by atoms with Gasteiger partial charge >= 0.3 is 5.97 Å². The third-order valence-electron chi connectivity index (χ3n) is 4.93. The van der Waals surface area contributed by atoms with E-state index in [4.69, 9.17) is 13.7 Å². The minimum atomic E-state index is -0.238. The van der Waals surface area contributed by atoms with Gasteiger partial charge in [-0.3, -0.25) is 4.79 Å². The lowest BCUT2D eigenvalue weighted by Gasteiger charge is -2.29. The molecule has 1 aliphatic heterocycles. The number of carbonyl (C=O) groups excluding carboxylic acids is 1. The molecule has 3 aromatic heterocycles. The largest absolute Gasteiger partial charge is 0.455 e. The number of benzene rings is 1. The van der Waals surface area contributed by atoms with Gasteiger partial charge in [0.1, 0.15) is 5.52 Å². The maximum Gasteiger partial charge on any atom is 0.309 e. The number of oxazole rings is 1. The molecule has 0 amide bonds. The summed E-state index contributed by atoms with van der Waals surface area (Å²) in [5.74, 6) is 0.414. The van der Waals surface area contributed by atoms with E-state index in [1.165, 1.54) is 11.3 Å². The Morgan fingerprint density at radius 1 is 1.17 bits per heavy atom. The number of rotatable bonds is 5. The number of ether oxygens (including phenoxy) is 1. The predicted octanol–water partition coefficient (Wildman–Crippen LogP) is 3.90. The zero-order valence-corrected chi connectivity index (χ0v) is 16.3. The van der Waals surface area contributed by atoms with E-state index in [0.717, 1.165) is 16.0 Å². The van der Waals surface area contributed by atoms with Gasteiger partial charge in [-0.2, -0.15) is 9.97 Å². The summed E-state index contributed by atoms with van der Waals surface area (Å²) in [6.07, 6.45) is 1.36. The van der Waals surface area contributed by atoms with E-state index < -0.39 is 0 Å². The number of aromatic nitrogens is 3. The molecule has 0 bridgehead atoms. The maximum atomic E-state index is 12.4. The van der Waals surface area contributed by atoms with Crippen molar-refractivity contribution in [1.29, 1.82) is 0 Å². The molecule has 0 aliphatic carbocycles. The topological polar surface area (TPSA) is 94.5 Å². The number of para-hydroxylation sites is 2. The summed E-state index contributed by atoms with van der Waals surface area (Å²) in [6, 6.07) is 12.1.